The molecule has 0 unspecified atom stereocenters. The molecule has 1 aliphatic carbocycles. The van der Waals surface area contributed by atoms with Crippen molar-refractivity contribution in [3.8, 4) is 0 Å². The molecule has 0 saturated heterocycles. The number of halogens is 1. The van der Waals surface area contributed by atoms with Crippen molar-refractivity contribution in [2.75, 3.05) is 0 Å². The van der Waals surface area contributed by atoms with Gasteiger partial charge in [0.15, 0.2) is 0 Å². The highest BCUT2D eigenvalue weighted by atomic mass is 32.1. The van der Waals surface area contributed by atoms with Crippen molar-refractivity contribution in [3.63, 3.8) is 0 Å². The first-order valence-electron chi connectivity index (χ1n) is 3.99. The van der Waals surface area contributed by atoms with Crippen LogP contribution in [0.25, 0.3) is 0 Å². The zero-order valence-corrected chi connectivity index (χ0v) is 7.94. The van der Waals surface area contributed by atoms with Crippen LogP contribution in [0.15, 0.2) is 5.10 Å². The van der Waals surface area contributed by atoms with E-state index in [2.05, 4.69) is 15.3 Å². The van der Waals surface area contributed by atoms with E-state index in [1.165, 1.54) is 10.9 Å². The van der Waals surface area contributed by atoms with E-state index in [0.717, 1.165) is 0 Å². The van der Waals surface area contributed by atoms with Crippen molar-refractivity contribution in [2.45, 2.75) is 25.4 Å². The summed E-state index contributed by atoms with van der Waals surface area (Å²) < 4.78 is 14.9. The smallest absolute Gasteiger partial charge is 0.216 e. The summed E-state index contributed by atoms with van der Waals surface area (Å²) >= 11 is 4.89. The summed E-state index contributed by atoms with van der Waals surface area (Å²) in [5.41, 5.74) is -1.20. The molecule has 0 bridgehead atoms. The lowest BCUT2D eigenvalue weighted by Crippen LogP contribution is -2.03. The van der Waals surface area contributed by atoms with E-state index in [9.17, 15) is 4.39 Å². The normalized spacial score (nSPS) is 19.5. The summed E-state index contributed by atoms with van der Waals surface area (Å²) in [6, 6.07) is 0. The van der Waals surface area contributed by atoms with Crippen LogP contribution >= 0.6 is 12.2 Å². The Kier molecular flexibility index (Phi) is 1.80. The van der Waals surface area contributed by atoms with Crippen LogP contribution in [0, 0.1) is 11.7 Å². The van der Waals surface area contributed by atoms with Crippen molar-refractivity contribution < 1.29 is 4.39 Å². The van der Waals surface area contributed by atoms with Crippen LogP contribution in [0.3, 0.4) is 0 Å². The number of hydrogen-bond donors (Lipinski definition) is 1. The zero-order chi connectivity index (χ0) is 9.47. The molecule has 0 spiro atoms. The summed E-state index contributed by atoms with van der Waals surface area (Å²) in [6.45, 7) is 1.75. The minimum atomic E-state index is -1.20. The molecule has 2 rings (SSSR count). The third-order valence-corrected chi connectivity index (χ3v) is 2.21. The van der Waals surface area contributed by atoms with E-state index in [1.807, 2.05) is 0 Å². The molecule has 1 aliphatic rings. The molecule has 1 fully saturated rings. The number of hydrogen-bond acceptors (Lipinski definition) is 3. The second kappa shape index (κ2) is 2.73. The van der Waals surface area contributed by atoms with Gasteiger partial charge in [-0.1, -0.05) is 0 Å². The molecule has 70 valence electrons. The first-order valence-corrected chi connectivity index (χ1v) is 4.40. The topological polar surface area (TPSA) is 46.0 Å². The van der Waals surface area contributed by atoms with E-state index in [0.29, 0.717) is 23.4 Å². The quantitative estimate of drug-likeness (QED) is 0.582. The molecule has 1 saturated carbocycles. The van der Waals surface area contributed by atoms with Gasteiger partial charge in [0.2, 0.25) is 4.77 Å². The molecule has 0 aromatic carbocycles. The number of H-pyrrole nitrogens is 1. The molecule has 0 radical (unpaired) electrons. The first kappa shape index (κ1) is 8.55. The molecule has 1 N–H and O–H groups in total. The molecular formula is C7H9FN4S. The van der Waals surface area contributed by atoms with Crippen LogP contribution in [0.5, 0.6) is 0 Å². The molecule has 1 heterocycles. The summed E-state index contributed by atoms with van der Waals surface area (Å²) in [4.78, 5) is 0. The van der Waals surface area contributed by atoms with Crippen molar-refractivity contribution in [1.82, 2.24) is 14.9 Å². The highest BCUT2D eigenvalue weighted by Crippen LogP contribution is 2.37. The molecule has 0 amide bonds. The fraction of sp³-hybridized carbons (Fsp3) is 0.571. The third kappa shape index (κ3) is 1.67. The summed E-state index contributed by atoms with van der Waals surface area (Å²) in [7, 11) is 0. The number of alkyl halides is 1. The second-order valence-corrected chi connectivity index (χ2v) is 3.55. The monoisotopic (exact) mass is 200 g/mol. The Labute approximate surface area is 79.5 Å². The average molecular weight is 200 g/mol. The molecular weight excluding hydrogens is 191 g/mol. The maximum atomic E-state index is 13.1. The average Bonchev–Trinajstić information content (AvgIpc) is 2.72. The predicted molar refractivity (Wildman–Crippen MR) is 49.1 cm³/mol. The van der Waals surface area contributed by atoms with Crippen LogP contribution in [-0.2, 0) is 0 Å². The van der Waals surface area contributed by atoms with Gasteiger partial charge in [0.25, 0.3) is 0 Å². The Balaban J connectivity index is 2.26. The number of aromatic nitrogens is 3. The van der Waals surface area contributed by atoms with E-state index < -0.39 is 5.67 Å². The minimum Gasteiger partial charge on any atom is -0.250 e. The highest BCUT2D eigenvalue weighted by molar-refractivity contribution is 7.71. The Bertz CT molecular complexity index is 401. The number of aromatic amines is 1. The van der Waals surface area contributed by atoms with E-state index in [-0.39, 0.29) is 0 Å². The third-order valence-electron chi connectivity index (χ3n) is 1.94. The predicted octanol–water partition coefficient (Wildman–Crippen LogP) is 1.59. The maximum absolute atomic E-state index is 13.1. The van der Waals surface area contributed by atoms with Gasteiger partial charge in [0.1, 0.15) is 11.5 Å². The standard InChI is InChI=1S/C7H9FN4S/c1-5-10-11-6(13)12(5)9-4-7(8)2-3-7/h4H,2-3H2,1H3,(H,11,13)/b9-4+. The lowest BCUT2D eigenvalue weighted by atomic mass is 10.4. The number of rotatable bonds is 2. The second-order valence-electron chi connectivity index (χ2n) is 3.17. The van der Waals surface area contributed by atoms with Crippen LogP contribution in [0.2, 0.25) is 0 Å². The van der Waals surface area contributed by atoms with Gasteiger partial charge in [-0.2, -0.15) is 14.9 Å². The summed E-state index contributed by atoms with van der Waals surface area (Å²) in [5, 5.41) is 10.3. The first-order chi connectivity index (χ1) is 6.11. The van der Waals surface area contributed by atoms with Crippen LogP contribution in [0.4, 0.5) is 4.39 Å². The number of nitrogens with one attached hydrogen (secondary N) is 1. The molecule has 0 aliphatic heterocycles. The molecule has 0 atom stereocenters. The largest absolute Gasteiger partial charge is 0.250 e. The van der Waals surface area contributed by atoms with Gasteiger partial charge in [-0.25, -0.2) is 4.39 Å². The lowest BCUT2D eigenvalue weighted by molar-refractivity contribution is 0.412. The van der Waals surface area contributed by atoms with Crippen molar-refractivity contribution in [2.24, 2.45) is 5.10 Å². The fourth-order valence-corrected chi connectivity index (χ4v) is 1.14. The van der Waals surface area contributed by atoms with Crippen molar-refractivity contribution in [3.05, 3.63) is 10.6 Å². The van der Waals surface area contributed by atoms with E-state index in [4.69, 9.17) is 12.2 Å². The molecule has 6 heteroatoms. The van der Waals surface area contributed by atoms with Crippen LogP contribution in [0.1, 0.15) is 18.7 Å². The molecule has 4 nitrogen and oxygen atoms in total. The van der Waals surface area contributed by atoms with Gasteiger partial charge in [-0.15, -0.1) is 0 Å². The Hall–Kier alpha value is -1.04. The van der Waals surface area contributed by atoms with Gasteiger partial charge in [-0.3, -0.25) is 5.10 Å². The highest BCUT2D eigenvalue weighted by Gasteiger charge is 2.41. The van der Waals surface area contributed by atoms with Gasteiger partial charge < -0.3 is 0 Å². The zero-order valence-electron chi connectivity index (χ0n) is 7.12. The number of aryl methyl sites for hydroxylation is 1. The van der Waals surface area contributed by atoms with Gasteiger partial charge in [0.05, 0.1) is 6.21 Å². The Morgan fingerprint density at radius 1 is 1.77 bits per heavy atom. The van der Waals surface area contributed by atoms with E-state index in [1.54, 1.807) is 6.92 Å². The molecule has 1 aromatic rings. The van der Waals surface area contributed by atoms with Crippen LogP contribution < -0.4 is 0 Å². The van der Waals surface area contributed by atoms with Crippen molar-refractivity contribution >= 4 is 18.4 Å². The fourth-order valence-electron chi connectivity index (χ4n) is 0.916. The van der Waals surface area contributed by atoms with E-state index >= 15 is 0 Å². The van der Waals surface area contributed by atoms with Gasteiger partial charge in [-0.05, 0) is 32.0 Å². The van der Waals surface area contributed by atoms with Crippen molar-refractivity contribution in [1.29, 1.82) is 0 Å². The summed E-state index contributed by atoms with van der Waals surface area (Å²) in [5.74, 6) is 0.630. The Morgan fingerprint density at radius 2 is 2.46 bits per heavy atom. The summed E-state index contributed by atoms with van der Waals surface area (Å²) in [6.07, 6.45) is 2.41. The molecule has 1 aromatic heterocycles. The SMILES string of the molecule is Cc1n[nH]c(=S)n1/N=C/C1(F)CC1. The van der Waals surface area contributed by atoms with Gasteiger partial charge >= 0.3 is 0 Å². The Morgan fingerprint density at radius 3 is 2.92 bits per heavy atom. The van der Waals surface area contributed by atoms with Gasteiger partial charge in [0, 0.05) is 0 Å². The number of nitrogens with zero attached hydrogens (tertiary/aromatic N) is 3. The van der Waals surface area contributed by atoms with Crippen LogP contribution in [-0.4, -0.2) is 26.8 Å². The lowest BCUT2D eigenvalue weighted by Gasteiger charge is -1.95. The minimum absolute atomic E-state index is 0.387. The molecule has 13 heavy (non-hydrogen) atoms. The maximum Gasteiger partial charge on any atom is 0.216 e.